The summed E-state index contributed by atoms with van der Waals surface area (Å²) in [6.07, 6.45) is 1.76. The van der Waals surface area contributed by atoms with Gasteiger partial charge < -0.3 is 25.0 Å². The molecule has 1 heterocycles. The summed E-state index contributed by atoms with van der Waals surface area (Å²) < 4.78 is 7.53. The maximum Gasteiger partial charge on any atom is 0.191 e. The number of aryl methyl sites for hydroxylation is 1. The molecule has 1 aromatic carbocycles. The van der Waals surface area contributed by atoms with Crippen molar-refractivity contribution in [3.8, 4) is 5.75 Å². The first-order chi connectivity index (χ1) is 13.5. The molecule has 0 fully saturated rings. The number of aromatic nitrogens is 3. The molecule has 0 amide bonds. The highest BCUT2D eigenvalue weighted by Gasteiger charge is 2.10. The van der Waals surface area contributed by atoms with Crippen LogP contribution in [0.5, 0.6) is 5.75 Å². The van der Waals surface area contributed by atoms with Gasteiger partial charge in [-0.25, -0.2) is 0 Å². The van der Waals surface area contributed by atoms with Gasteiger partial charge in [0.15, 0.2) is 5.96 Å². The largest absolute Gasteiger partial charge is 0.489 e. The highest BCUT2D eigenvalue weighted by molar-refractivity contribution is 6.42. The van der Waals surface area contributed by atoms with E-state index in [1.165, 1.54) is 0 Å². The predicted molar refractivity (Wildman–Crippen MR) is 111 cm³/mol. The van der Waals surface area contributed by atoms with Crippen LogP contribution in [-0.4, -0.2) is 58.2 Å². The Morgan fingerprint density at radius 3 is 2.89 bits per heavy atom. The van der Waals surface area contributed by atoms with E-state index in [2.05, 4.69) is 25.8 Å². The van der Waals surface area contributed by atoms with Gasteiger partial charge in [-0.05, 0) is 19.1 Å². The SMILES string of the molecule is CCNC(=NCC(O)COc1cccc(Cl)c1Cl)NCCn1cnnc1CC. The van der Waals surface area contributed by atoms with Gasteiger partial charge in [-0.1, -0.05) is 36.2 Å². The van der Waals surface area contributed by atoms with Gasteiger partial charge in [-0.15, -0.1) is 10.2 Å². The molecule has 10 heteroatoms. The molecule has 1 atom stereocenters. The summed E-state index contributed by atoms with van der Waals surface area (Å²) in [4.78, 5) is 4.39. The molecule has 0 aliphatic carbocycles. The molecule has 0 aliphatic rings. The van der Waals surface area contributed by atoms with Crippen molar-refractivity contribution in [3.05, 3.63) is 40.4 Å². The van der Waals surface area contributed by atoms with Crippen molar-refractivity contribution in [2.75, 3.05) is 26.2 Å². The lowest BCUT2D eigenvalue weighted by molar-refractivity contribution is 0.114. The smallest absolute Gasteiger partial charge is 0.191 e. The van der Waals surface area contributed by atoms with Gasteiger partial charge in [0, 0.05) is 26.1 Å². The van der Waals surface area contributed by atoms with Crippen molar-refractivity contribution < 1.29 is 9.84 Å². The van der Waals surface area contributed by atoms with E-state index in [0.717, 1.165) is 18.8 Å². The van der Waals surface area contributed by atoms with Crippen LogP contribution < -0.4 is 15.4 Å². The van der Waals surface area contributed by atoms with Crippen molar-refractivity contribution in [1.82, 2.24) is 25.4 Å². The summed E-state index contributed by atoms with van der Waals surface area (Å²) in [7, 11) is 0. The average Bonchev–Trinajstić information content (AvgIpc) is 3.14. The lowest BCUT2D eigenvalue weighted by Crippen LogP contribution is -2.39. The van der Waals surface area contributed by atoms with Crippen molar-refractivity contribution in [2.24, 2.45) is 4.99 Å². The molecule has 0 saturated carbocycles. The Kier molecular flexibility index (Phi) is 9.33. The molecule has 2 aromatic rings. The monoisotopic (exact) mass is 428 g/mol. The molecule has 2 rings (SSSR count). The highest BCUT2D eigenvalue weighted by Crippen LogP contribution is 2.31. The Bertz CT molecular complexity index is 768. The summed E-state index contributed by atoms with van der Waals surface area (Å²) in [5, 5.41) is 25.2. The number of nitrogens with zero attached hydrogens (tertiary/aromatic N) is 4. The van der Waals surface area contributed by atoms with Gasteiger partial charge in [0.05, 0.1) is 11.6 Å². The molecule has 0 radical (unpaired) electrons. The summed E-state index contributed by atoms with van der Waals surface area (Å²) in [6.45, 7) is 6.35. The fraction of sp³-hybridized carbons (Fsp3) is 0.500. The Balaban J connectivity index is 1.81. The highest BCUT2D eigenvalue weighted by atomic mass is 35.5. The van der Waals surface area contributed by atoms with E-state index in [4.69, 9.17) is 27.9 Å². The van der Waals surface area contributed by atoms with Crippen molar-refractivity contribution >= 4 is 29.2 Å². The first kappa shape index (κ1) is 22.3. The van der Waals surface area contributed by atoms with E-state index in [1.54, 1.807) is 24.5 Å². The number of hydrogen-bond donors (Lipinski definition) is 3. The third-order valence-corrected chi connectivity index (χ3v) is 4.61. The quantitative estimate of drug-likeness (QED) is 0.396. The minimum atomic E-state index is -0.782. The molecule has 3 N–H and O–H groups in total. The first-order valence-corrected chi connectivity index (χ1v) is 9.94. The predicted octanol–water partition coefficient (Wildman–Crippen LogP) is 2.14. The maximum atomic E-state index is 10.1. The third-order valence-electron chi connectivity index (χ3n) is 3.81. The van der Waals surface area contributed by atoms with Gasteiger partial charge in [0.25, 0.3) is 0 Å². The van der Waals surface area contributed by atoms with Crippen molar-refractivity contribution in [2.45, 2.75) is 32.9 Å². The molecule has 28 heavy (non-hydrogen) atoms. The number of aliphatic hydroxyl groups excluding tert-OH is 1. The van der Waals surface area contributed by atoms with Crippen LogP contribution in [0, 0.1) is 0 Å². The van der Waals surface area contributed by atoms with E-state index in [-0.39, 0.29) is 13.2 Å². The van der Waals surface area contributed by atoms with E-state index < -0.39 is 6.10 Å². The van der Waals surface area contributed by atoms with Crippen LogP contribution in [0.4, 0.5) is 0 Å². The number of benzene rings is 1. The second kappa shape index (κ2) is 11.7. The summed E-state index contributed by atoms with van der Waals surface area (Å²) in [5.74, 6) is 1.99. The topological polar surface area (TPSA) is 96.6 Å². The fourth-order valence-electron chi connectivity index (χ4n) is 2.41. The zero-order valence-corrected chi connectivity index (χ0v) is 17.5. The molecule has 0 spiro atoms. The molecule has 8 nitrogen and oxygen atoms in total. The van der Waals surface area contributed by atoms with E-state index in [1.807, 2.05) is 18.4 Å². The number of aliphatic imine (C=N–C) groups is 1. The molecule has 1 unspecified atom stereocenters. The Hall–Kier alpha value is -2.03. The summed E-state index contributed by atoms with van der Waals surface area (Å²) in [6, 6.07) is 5.11. The van der Waals surface area contributed by atoms with Gasteiger partial charge in [-0.3, -0.25) is 4.99 Å². The van der Waals surface area contributed by atoms with Crippen molar-refractivity contribution in [1.29, 1.82) is 0 Å². The number of nitrogens with one attached hydrogen (secondary N) is 2. The van der Waals surface area contributed by atoms with Gasteiger partial charge >= 0.3 is 0 Å². The lowest BCUT2D eigenvalue weighted by atomic mass is 10.3. The maximum absolute atomic E-state index is 10.1. The Morgan fingerprint density at radius 2 is 2.14 bits per heavy atom. The van der Waals surface area contributed by atoms with Crippen LogP contribution in [0.15, 0.2) is 29.5 Å². The zero-order chi connectivity index (χ0) is 20.4. The molecule has 1 aromatic heterocycles. The van der Waals surface area contributed by atoms with Gasteiger partial charge in [0.1, 0.15) is 35.6 Å². The number of guanidine groups is 1. The van der Waals surface area contributed by atoms with Crippen molar-refractivity contribution in [3.63, 3.8) is 0 Å². The second-order valence-corrected chi connectivity index (χ2v) is 6.74. The number of halogens is 2. The number of aliphatic hydroxyl groups is 1. The lowest BCUT2D eigenvalue weighted by Gasteiger charge is -2.15. The van der Waals surface area contributed by atoms with E-state index in [9.17, 15) is 5.11 Å². The van der Waals surface area contributed by atoms with Crippen LogP contribution >= 0.6 is 23.2 Å². The number of rotatable bonds is 10. The van der Waals surface area contributed by atoms with Crippen LogP contribution in [0.3, 0.4) is 0 Å². The van der Waals surface area contributed by atoms with E-state index in [0.29, 0.717) is 34.8 Å². The second-order valence-electron chi connectivity index (χ2n) is 5.96. The van der Waals surface area contributed by atoms with E-state index >= 15 is 0 Å². The average molecular weight is 429 g/mol. The standard InChI is InChI=1S/C18H26Cl2N6O2/c1-3-16-25-24-12-26(16)9-8-22-18(21-4-2)23-10-13(27)11-28-15-7-5-6-14(19)17(15)20/h5-7,12-13,27H,3-4,8-11H2,1-2H3,(H2,21,22,23). The minimum absolute atomic E-state index is 0.0591. The van der Waals surface area contributed by atoms with Crippen LogP contribution in [0.25, 0.3) is 0 Å². The summed E-state index contributed by atoms with van der Waals surface area (Å²) in [5.41, 5.74) is 0. The van der Waals surface area contributed by atoms with Gasteiger partial charge in [0.2, 0.25) is 0 Å². The Morgan fingerprint density at radius 1 is 1.32 bits per heavy atom. The third kappa shape index (κ3) is 6.85. The molecular weight excluding hydrogens is 403 g/mol. The first-order valence-electron chi connectivity index (χ1n) is 9.18. The fourth-order valence-corrected chi connectivity index (χ4v) is 2.75. The number of hydrogen-bond acceptors (Lipinski definition) is 5. The molecular formula is C18H26Cl2N6O2. The van der Waals surface area contributed by atoms with Gasteiger partial charge in [-0.2, -0.15) is 0 Å². The zero-order valence-electron chi connectivity index (χ0n) is 16.0. The minimum Gasteiger partial charge on any atom is -0.489 e. The van der Waals surface area contributed by atoms with Crippen LogP contribution in [-0.2, 0) is 13.0 Å². The molecule has 0 aliphatic heterocycles. The number of ether oxygens (including phenoxy) is 1. The van der Waals surface area contributed by atoms with Crippen LogP contribution in [0.1, 0.15) is 19.7 Å². The van der Waals surface area contributed by atoms with Crippen LogP contribution in [0.2, 0.25) is 10.0 Å². The normalized spacial score (nSPS) is 12.7. The molecule has 0 bridgehead atoms. The molecule has 0 saturated heterocycles. The molecule has 154 valence electrons. The Labute approximate surface area is 174 Å². The summed E-state index contributed by atoms with van der Waals surface area (Å²) >= 11 is 12.0.